The Morgan fingerprint density at radius 1 is 1.25 bits per heavy atom. The first kappa shape index (κ1) is 16.7. The van der Waals surface area contributed by atoms with E-state index in [1.807, 2.05) is 13.8 Å². The van der Waals surface area contributed by atoms with E-state index in [0.29, 0.717) is 6.54 Å². The SMILES string of the molecule is COc1ccc(CNC(C)C(C)CO)cc1OC(F)F. The molecule has 20 heavy (non-hydrogen) atoms. The summed E-state index contributed by atoms with van der Waals surface area (Å²) >= 11 is 0. The molecule has 0 aliphatic heterocycles. The molecule has 1 aromatic rings. The summed E-state index contributed by atoms with van der Waals surface area (Å²) in [7, 11) is 1.40. The molecule has 0 fully saturated rings. The van der Waals surface area contributed by atoms with Gasteiger partial charge >= 0.3 is 6.61 Å². The van der Waals surface area contributed by atoms with E-state index in [4.69, 9.17) is 9.84 Å². The van der Waals surface area contributed by atoms with Crippen molar-refractivity contribution >= 4 is 0 Å². The van der Waals surface area contributed by atoms with Crippen LogP contribution >= 0.6 is 0 Å². The topological polar surface area (TPSA) is 50.7 Å². The minimum atomic E-state index is -2.89. The summed E-state index contributed by atoms with van der Waals surface area (Å²) in [6.07, 6.45) is 0. The summed E-state index contributed by atoms with van der Waals surface area (Å²) in [6.45, 7) is 1.59. The van der Waals surface area contributed by atoms with Crippen molar-refractivity contribution in [3.63, 3.8) is 0 Å². The maximum atomic E-state index is 12.3. The molecule has 114 valence electrons. The zero-order valence-corrected chi connectivity index (χ0v) is 11.9. The quantitative estimate of drug-likeness (QED) is 0.771. The van der Waals surface area contributed by atoms with E-state index in [2.05, 4.69) is 10.1 Å². The standard InChI is InChI=1S/C14H21F2NO3/c1-9(8-18)10(2)17-7-11-4-5-12(19-3)13(6-11)20-14(15)16/h4-6,9-10,14,17-18H,7-8H2,1-3H3. The van der Waals surface area contributed by atoms with Crippen LogP contribution in [0.2, 0.25) is 0 Å². The number of ether oxygens (including phenoxy) is 2. The predicted molar refractivity (Wildman–Crippen MR) is 72.2 cm³/mol. The summed E-state index contributed by atoms with van der Waals surface area (Å²) in [5.74, 6) is 0.403. The van der Waals surface area contributed by atoms with Crippen LogP contribution < -0.4 is 14.8 Å². The smallest absolute Gasteiger partial charge is 0.387 e. The molecule has 0 spiro atoms. The number of benzene rings is 1. The number of hydrogen-bond donors (Lipinski definition) is 2. The van der Waals surface area contributed by atoms with E-state index in [1.54, 1.807) is 12.1 Å². The van der Waals surface area contributed by atoms with Crippen LogP contribution in [0.4, 0.5) is 8.78 Å². The molecule has 2 atom stereocenters. The zero-order valence-electron chi connectivity index (χ0n) is 11.9. The van der Waals surface area contributed by atoms with Gasteiger partial charge in [-0.05, 0) is 30.5 Å². The summed E-state index contributed by atoms with van der Waals surface area (Å²) in [5.41, 5.74) is 0.804. The van der Waals surface area contributed by atoms with Crippen LogP contribution in [0, 0.1) is 5.92 Å². The largest absolute Gasteiger partial charge is 0.493 e. The second-order valence-electron chi connectivity index (χ2n) is 4.69. The van der Waals surface area contributed by atoms with Crippen LogP contribution in [0.1, 0.15) is 19.4 Å². The fraction of sp³-hybridized carbons (Fsp3) is 0.571. The van der Waals surface area contributed by atoms with Crippen molar-refractivity contribution in [1.29, 1.82) is 0 Å². The molecule has 0 aliphatic rings. The molecule has 0 saturated heterocycles. The number of aliphatic hydroxyl groups excluding tert-OH is 1. The predicted octanol–water partition coefficient (Wildman–Crippen LogP) is 2.40. The molecule has 2 N–H and O–H groups in total. The number of methoxy groups -OCH3 is 1. The summed E-state index contributed by atoms with van der Waals surface area (Å²) in [6, 6.07) is 5.01. The number of rotatable bonds is 8. The zero-order chi connectivity index (χ0) is 15.1. The lowest BCUT2D eigenvalue weighted by Gasteiger charge is -2.19. The maximum absolute atomic E-state index is 12.3. The first-order chi connectivity index (χ1) is 9.47. The summed E-state index contributed by atoms with van der Waals surface area (Å²) in [5, 5.41) is 12.3. The van der Waals surface area contributed by atoms with Crippen molar-refractivity contribution in [3.05, 3.63) is 23.8 Å². The van der Waals surface area contributed by atoms with Gasteiger partial charge in [-0.2, -0.15) is 8.78 Å². The summed E-state index contributed by atoms with van der Waals surface area (Å²) in [4.78, 5) is 0. The Balaban J connectivity index is 2.71. The highest BCUT2D eigenvalue weighted by Gasteiger charge is 2.13. The Kier molecular flexibility index (Phi) is 6.67. The molecule has 0 bridgehead atoms. The van der Waals surface area contributed by atoms with Gasteiger partial charge in [-0.3, -0.25) is 0 Å². The van der Waals surface area contributed by atoms with E-state index >= 15 is 0 Å². The van der Waals surface area contributed by atoms with Crippen molar-refractivity contribution < 1.29 is 23.4 Å². The number of halogens is 2. The third-order valence-corrected chi connectivity index (χ3v) is 3.21. The van der Waals surface area contributed by atoms with Gasteiger partial charge in [-0.15, -0.1) is 0 Å². The molecule has 1 rings (SSSR count). The lowest BCUT2D eigenvalue weighted by atomic mass is 10.0. The van der Waals surface area contributed by atoms with Crippen molar-refractivity contribution in [2.24, 2.45) is 5.92 Å². The first-order valence-corrected chi connectivity index (χ1v) is 6.43. The van der Waals surface area contributed by atoms with Crippen LogP contribution in [-0.4, -0.2) is 31.5 Å². The van der Waals surface area contributed by atoms with Crippen molar-refractivity contribution in [1.82, 2.24) is 5.32 Å². The van der Waals surface area contributed by atoms with Gasteiger partial charge in [0.05, 0.1) is 7.11 Å². The van der Waals surface area contributed by atoms with Gasteiger partial charge in [0.15, 0.2) is 11.5 Å². The van der Waals surface area contributed by atoms with Crippen LogP contribution in [0.25, 0.3) is 0 Å². The lowest BCUT2D eigenvalue weighted by molar-refractivity contribution is -0.0512. The van der Waals surface area contributed by atoms with Crippen molar-refractivity contribution in [2.75, 3.05) is 13.7 Å². The maximum Gasteiger partial charge on any atom is 0.387 e. The highest BCUT2D eigenvalue weighted by Crippen LogP contribution is 2.29. The minimum Gasteiger partial charge on any atom is -0.493 e. The molecule has 0 aromatic heterocycles. The van der Waals surface area contributed by atoms with E-state index in [0.717, 1.165) is 5.56 Å². The molecule has 2 unspecified atom stereocenters. The van der Waals surface area contributed by atoms with Gasteiger partial charge < -0.3 is 19.9 Å². The average Bonchev–Trinajstić information content (AvgIpc) is 2.43. The molecule has 0 radical (unpaired) electrons. The molecular weight excluding hydrogens is 268 g/mol. The third kappa shape index (κ3) is 4.94. The highest BCUT2D eigenvalue weighted by molar-refractivity contribution is 5.43. The molecule has 0 amide bonds. The molecule has 0 aliphatic carbocycles. The lowest BCUT2D eigenvalue weighted by Crippen LogP contribution is -2.33. The number of aliphatic hydroxyl groups is 1. The first-order valence-electron chi connectivity index (χ1n) is 6.43. The molecule has 6 heteroatoms. The van der Waals surface area contributed by atoms with Crippen LogP contribution in [0.5, 0.6) is 11.5 Å². The molecule has 1 aromatic carbocycles. The van der Waals surface area contributed by atoms with Crippen LogP contribution in [0.3, 0.4) is 0 Å². The minimum absolute atomic E-state index is 0.0182. The van der Waals surface area contributed by atoms with E-state index < -0.39 is 6.61 Å². The normalized spacial score (nSPS) is 14.2. The number of alkyl halides is 2. The van der Waals surface area contributed by atoms with Gasteiger partial charge in [0, 0.05) is 19.2 Å². The van der Waals surface area contributed by atoms with Crippen LogP contribution in [0.15, 0.2) is 18.2 Å². The van der Waals surface area contributed by atoms with Gasteiger partial charge in [-0.25, -0.2) is 0 Å². The fourth-order valence-electron chi connectivity index (χ4n) is 1.66. The Labute approximate surface area is 117 Å². The Morgan fingerprint density at radius 2 is 1.95 bits per heavy atom. The third-order valence-electron chi connectivity index (χ3n) is 3.21. The van der Waals surface area contributed by atoms with Gasteiger partial charge in [0.25, 0.3) is 0 Å². The average molecular weight is 289 g/mol. The summed E-state index contributed by atoms with van der Waals surface area (Å²) < 4.78 is 34.0. The van der Waals surface area contributed by atoms with E-state index in [-0.39, 0.29) is 30.1 Å². The molecule has 0 saturated carbocycles. The highest BCUT2D eigenvalue weighted by atomic mass is 19.3. The Morgan fingerprint density at radius 3 is 2.50 bits per heavy atom. The van der Waals surface area contributed by atoms with E-state index in [1.165, 1.54) is 13.2 Å². The number of hydrogen-bond acceptors (Lipinski definition) is 4. The molecular formula is C14H21F2NO3. The van der Waals surface area contributed by atoms with E-state index in [9.17, 15) is 8.78 Å². The second kappa shape index (κ2) is 8.01. The van der Waals surface area contributed by atoms with Gasteiger partial charge in [0.2, 0.25) is 0 Å². The molecule has 0 heterocycles. The van der Waals surface area contributed by atoms with Crippen molar-refractivity contribution in [3.8, 4) is 11.5 Å². The van der Waals surface area contributed by atoms with Gasteiger partial charge in [0.1, 0.15) is 0 Å². The van der Waals surface area contributed by atoms with Crippen LogP contribution in [-0.2, 0) is 6.54 Å². The monoisotopic (exact) mass is 289 g/mol. The Bertz CT molecular complexity index is 415. The second-order valence-corrected chi connectivity index (χ2v) is 4.69. The fourth-order valence-corrected chi connectivity index (χ4v) is 1.66. The van der Waals surface area contributed by atoms with Crippen molar-refractivity contribution in [2.45, 2.75) is 33.0 Å². The molecule has 4 nitrogen and oxygen atoms in total. The van der Waals surface area contributed by atoms with Gasteiger partial charge in [-0.1, -0.05) is 13.0 Å². The Hall–Kier alpha value is -1.40. The number of nitrogens with one attached hydrogen (secondary N) is 1.